The van der Waals surface area contributed by atoms with Crippen molar-refractivity contribution in [1.82, 2.24) is 10.2 Å². The van der Waals surface area contributed by atoms with Crippen molar-refractivity contribution in [2.24, 2.45) is 0 Å². The van der Waals surface area contributed by atoms with E-state index >= 15 is 0 Å². The van der Waals surface area contributed by atoms with E-state index in [4.69, 9.17) is 10.2 Å². The van der Waals surface area contributed by atoms with E-state index in [1.165, 1.54) is 95.3 Å². The molecule has 1 amide bonds. The molecule has 0 aliphatic carbocycles. The van der Waals surface area contributed by atoms with Gasteiger partial charge in [0.2, 0.25) is 5.91 Å². The highest BCUT2D eigenvalue weighted by Crippen LogP contribution is 2.14. The van der Waals surface area contributed by atoms with Gasteiger partial charge in [0.15, 0.2) is 0 Å². The van der Waals surface area contributed by atoms with Crippen LogP contribution in [0.2, 0.25) is 0 Å². The van der Waals surface area contributed by atoms with E-state index in [9.17, 15) is 19.2 Å². The lowest BCUT2D eigenvalue weighted by molar-refractivity contribution is -0.144. The molecule has 8 heteroatoms. The third kappa shape index (κ3) is 22.9. The number of unbranched alkanes of at least 4 members (excludes halogenated alkanes) is 15. The first kappa shape index (κ1) is 35.0. The molecule has 0 radical (unpaired) electrons. The zero-order valence-corrected chi connectivity index (χ0v) is 23.6. The summed E-state index contributed by atoms with van der Waals surface area (Å²) < 4.78 is 0. The Morgan fingerprint density at radius 2 is 1.08 bits per heavy atom. The van der Waals surface area contributed by atoms with Crippen LogP contribution in [0.3, 0.4) is 0 Å². The summed E-state index contributed by atoms with van der Waals surface area (Å²) in [5.74, 6) is -2.55. The number of nitrogens with zero attached hydrogens (tertiary/aromatic N) is 1. The molecule has 0 aromatic heterocycles. The molecule has 0 heterocycles. The number of ketones is 1. The molecule has 0 fully saturated rings. The second kappa shape index (κ2) is 24.4. The van der Waals surface area contributed by atoms with Gasteiger partial charge in [0, 0.05) is 13.0 Å². The first-order chi connectivity index (χ1) is 17.8. The molecule has 216 valence electrons. The van der Waals surface area contributed by atoms with Crippen molar-refractivity contribution >= 4 is 23.6 Å². The lowest BCUT2D eigenvalue weighted by atomic mass is 10.0. The first-order valence-corrected chi connectivity index (χ1v) is 14.7. The fraction of sp³-hybridized carbons (Fsp3) is 0.862. The second-order valence-electron chi connectivity index (χ2n) is 10.4. The van der Waals surface area contributed by atoms with Gasteiger partial charge in [-0.15, -0.1) is 0 Å². The summed E-state index contributed by atoms with van der Waals surface area (Å²) >= 11 is 0. The molecule has 1 atom stereocenters. The Bertz CT molecular complexity index is 610. The van der Waals surface area contributed by atoms with Crippen LogP contribution in [0, 0.1) is 0 Å². The van der Waals surface area contributed by atoms with E-state index in [-0.39, 0.29) is 11.7 Å². The molecule has 0 saturated carbocycles. The molecular formula is C29H54N2O6. The van der Waals surface area contributed by atoms with Crippen LogP contribution in [0.25, 0.3) is 0 Å². The number of carbonyl (C=O) groups is 4. The summed E-state index contributed by atoms with van der Waals surface area (Å²) in [6, 6.07) is -0.747. The van der Waals surface area contributed by atoms with Gasteiger partial charge >= 0.3 is 11.9 Å². The minimum absolute atomic E-state index is 0.0381. The number of carbonyl (C=O) groups excluding carboxylic acids is 2. The van der Waals surface area contributed by atoms with Crippen molar-refractivity contribution in [1.29, 1.82) is 0 Å². The van der Waals surface area contributed by atoms with Gasteiger partial charge in [-0.2, -0.15) is 0 Å². The fourth-order valence-electron chi connectivity index (χ4n) is 4.70. The Kier molecular flexibility index (Phi) is 23.1. The average Bonchev–Trinajstić information content (AvgIpc) is 2.82. The molecule has 0 unspecified atom stereocenters. The largest absolute Gasteiger partial charge is 0.480 e. The third-order valence-electron chi connectivity index (χ3n) is 6.82. The van der Waals surface area contributed by atoms with Crippen LogP contribution in [-0.2, 0) is 19.2 Å². The maximum Gasteiger partial charge on any atom is 0.317 e. The van der Waals surface area contributed by atoms with Crippen LogP contribution in [0.15, 0.2) is 0 Å². The molecule has 0 aromatic rings. The SMILES string of the molecule is CCCCCCCCCCCCCCCCCC(=O)NCCCC[C@H](C(C)=O)N(CC(=O)O)CC(=O)O. The highest BCUT2D eigenvalue weighted by molar-refractivity contribution is 5.83. The number of nitrogens with one attached hydrogen (secondary N) is 1. The van der Waals surface area contributed by atoms with Crippen molar-refractivity contribution in [2.45, 2.75) is 142 Å². The molecule has 0 aliphatic heterocycles. The standard InChI is InChI=1S/C29H54N2O6/c1-3-4-5-6-7-8-9-10-11-12-13-14-15-16-17-21-27(33)30-22-19-18-20-26(25(2)32)31(23-28(34)35)24-29(36)37/h26H,3-24H2,1-2H3,(H,30,33)(H,34,35)(H,36,37)/t26-/m1/s1. The monoisotopic (exact) mass is 526 g/mol. The fourth-order valence-corrected chi connectivity index (χ4v) is 4.70. The molecule has 0 aromatic carbocycles. The van der Waals surface area contributed by atoms with Crippen molar-refractivity contribution in [2.75, 3.05) is 19.6 Å². The summed E-state index contributed by atoms with van der Waals surface area (Å²) in [4.78, 5) is 47.2. The number of carboxylic acid groups (broad SMARTS) is 2. The maximum atomic E-state index is 12.0. The van der Waals surface area contributed by atoms with Crippen LogP contribution in [0.5, 0.6) is 0 Å². The predicted molar refractivity (Wildman–Crippen MR) is 148 cm³/mol. The van der Waals surface area contributed by atoms with E-state index in [2.05, 4.69) is 12.2 Å². The van der Waals surface area contributed by atoms with E-state index < -0.39 is 31.1 Å². The van der Waals surface area contributed by atoms with E-state index in [0.29, 0.717) is 32.2 Å². The molecule has 0 saturated heterocycles. The van der Waals surface area contributed by atoms with Crippen molar-refractivity contribution < 1.29 is 29.4 Å². The molecule has 0 spiro atoms. The Labute approximate surface area is 225 Å². The summed E-state index contributed by atoms with van der Waals surface area (Å²) in [5, 5.41) is 20.9. The van der Waals surface area contributed by atoms with Crippen molar-refractivity contribution in [3.63, 3.8) is 0 Å². The van der Waals surface area contributed by atoms with Crippen LogP contribution in [-0.4, -0.2) is 64.4 Å². The molecule has 0 aliphatic rings. The quantitative estimate of drug-likeness (QED) is 0.113. The minimum Gasteiger partial charge on any atom is -0.480 e. The normalized spacial score (nSPS) is 12.0. The van der Waals surface area contributed by atoms with E-state index in [0.717, 1.165) is 12.8 Å². The Morgan fingerprint density at radius 1 is 0.649 bits per heavy atom. The summed E-state index contributed by atoms with van der Waals surface area (Å²) in [5.41, 5.74) is 0. The molecule has 0 rings (SSSR count). The average molecular weight is 527 g/mol. The van der Waals surface area contributed by atoms with Gasteiger partial charge in [-0.25, -0.2) is 0 Å². The number of Topliss-reactive ketones (excluding diaryl/α,β-unsaturated/α-hetero) is 1. The number of hydrogen-bond donors (Lipinski definition) is 3. The lowest BCUT2D eigenvalue weighted by Crippen LogP contribution is -2.45. The summed E-state index contributed by atoms with van der Waals surface area (Å²) in [6.07, 6.45) is 21.5. The summed E-state index contributed by atoms with van der Waals surface area (Å²) in [6.45, 7) is 3.12. The topological polar surface area (TPSA) is 124 Å². The maximum absolute atomic E-state index is 12.0. The number of rotatable bonds is 27. The zero-order chi connectivity index (χ0) is 27.7. The van der Waals surface area contributed by atoms with Crippen molar-refractivity contribution in [3.05, 3.63) is 0 Å². The highest BCUT2D eigenvalue weighted by atomic mass is 16.4. The van der Waals surface area contributed by atoms with Gasteiger partial charge in [0.1, 0.15) is 5.78 Å². The van der Waals surface area contributed by atoms with E-state index in [1.54, 1.807) is 0 Å². The summed E-state index contributed by atoms with van der Waals surface area (Å²) in [7, 11) is 0. The number of hydrogen-bond acceptors (Lipinski definition) is 5. The smallest absolute Gasteiger partial charge is 0.317 e. The highest BCUT2D eigenvalue weighted by Gasteiger charge is 2.26. The number of aliphatic carboxylic acids is 2. The first-order valence-electron chi connectivity index (χ1n) is 14.7. The van der Waals surface area contributed by atoms with Crippen LogP contribution in [0.4, 0.5) is 0 Å². The Hall–Kier alpha value is -1.96. The van der Waals surface area contributed by atoms with Gasteiger partial charge in [0.05, 0.1) is 19.1 Å². The van der Waals surface area contributed by atoms with Gasteiger partial charge < -0.3 is 15.5 Å². The number of amides is 1. The van der Waals surface area contributed by atoms with Gasteiger partial charge in [-0.3, -0.25) is 24.1 Å². The van der Waals surface area contributed by atoms with Crippen LogP contribution < -0.4 is 5.32 Å². The second-order valence-corrected chi connectivity index (χ2v) is 10.4. The van der Waals surface area contributed by atoms with Gasteiger partial charge in [-0.05, 0) is 32.6 Å². The van der Waals surface area contributed by atoms with Gasteiger partial charge in [0.25, 0.3) is 0 Å². The lowest BCUT2D eigenvalue weighted by Gasteiger charge is -2.27. The molecular weight excluding hydrogens is 472 g/mol. The van der Waals surface area contributed by atoms with Gasteiger partial charge in [-0.1, -0.05) is 96.8 Å². The van der Waals surface area contributed by atoms with Crippen LogP contribution >= 0.6 is 0 Å². The minimum atomic E-state index is -1.17. The van der Waals surface area contributed by atoms with Crippen LogP contribution in [0.1, 0.15) is 136 Å². The Balaban J connectivity index is 3.71. The predicted octanol–water partition coefficient (Wildman–Crippen LogP) is 5.96. The third-order valence-corrected chi connectivity index (χ3v) is 6.82. The molecule has 0 bridgehead atoms. The van der Waals surface area contributed by atoms with E-state index in [1.807, 2.05) is 0 Å². The Morgan fingerprint density at radius 3 is 1.49 bits per heavy atom. The molecule has 37 heavy (non-hydrogen) atoms. The molecule has 8 nitrogen and oxygen atoms in total. The van der Waals surface area contributed by atoms with Crippen molar-refractivity contribution in [3.8, 4) is 0 Å². The zero-order valence-electron chi connectivity index (χ0n) is 23.6. The number of carboxylic acids is 2. The molecule has 3 N–H and O–H groups in total.